The van der Waals surface area contributed by atoms with Gasteiger partial charge in [0, 0.05) is 18.1 Å². The SMILES string of the molecule is CCOC1CC(NC(CO)CO)C1(C)CC. The molecule has 3 unspecified atom stereocenters. The fourth-order valence-corrected chi connectivity index (χ4v) is 2.46. The molecule has 0 aromatic carbocycles. The van der Waals surface area contributed by atoms with Crippen molar-refractivity contribution in [2.45, 2.75) is 51.8 Å². The first kappa shape index (κ1) is 13.9. The van der Waals surface area contributed by atoms with Crippen molar-refractivity contribution in [2.24, 2.45) is 5.41 Å². The van der Waals surface area contributed by atoms with Crippen molar-refractivity contribution in [1.29, 1.82) is 0 Å². The molecule has 1 fully saturated rings. The summed E-state index contributed by atoms with van der Waals surface area (Å²) in [4.78, 5) is 0. The van der Waals surface area contributed by atoms with Crippen LogP contribution in [-0.2, 0) is 4.74 Å². The Morgan fingerprint density at radius 3 is 2.44 bits per heavy atom. The Labute approximate surface area is 98.0 Å². The lowest BCUT2D eigenvalue weighted by atomic mass is 9.61. The molecule has 0 bridgehead atoms. The van der Waals surface area contributed by atoms with E-state index in [0.717, 1.165) is 19.4 Å². The summed E-state index contributed by atoms with van der Waals surface area (Å²) in [7, 11) is 0. The van der Waals surface area contributed by atoms with Gasteiger partial charge in [-0.2, -0.15) is 0 Å². The van der Waals surface area contributed by atoms with E-state index >= 15 is 0 Å². The van der Waals surface area contributed by atoms with Crippen LogP contribution in [0.15, 0.2) is 0 Å². The largest absolute Gasteiger partial charge is 0.395 e. The summed E-state index contributed by atoms with van der Waals surface area (Å²) in [6.07, 6.45) is 2.31. The van der Waals surface area contributed by atoms with Crippen molar-refractivity contribution < 1.29 is 14.9 Å². The van der Waals surface area contributed by atoms with Crippen LogP contribution in [0.4, 0.5) is 0 Å². The monoisotopic (exact) mass is 231 g/mol. The number of hydrogen-bond donors (Lipinski definition) is 3. The molecule has 16 heavy (non-hydrogen) atoms. The standard InChI is InChI=1S/C12H25NO3/c1-4-12(3)10(6-11(12)16-5-2)13-9(7-14)8-15/h9-11,13-15H,4-8H2,1-3H3. The molecule has 1 aliphatic carbocycles. The highest BCUT2D eigenvalue weighted by atomic mass is 16.5. The molecule has 96 valence electrons. The Bertz CT molecular complexity index is 208. The second-order valence-corrected chi connectivity index (χ2v) is 4.82. The first-order valence-electron chi connectivity index (χ1n) is 6.21. The van der Waals surface area contributed by atoms with E-state index in [4.69, 9.17) is 14.9 Å². The number of hydrogen-bond acceptors (Lipinski definition) is 4. The average Bonchev–Trinajstić information content (AvgIpc) is 2.32. The maximum absolute atomic E-state index is 9.05. The van der Waals surface area contributed by atoms with E-state index in [1.54, 1.807) is 0 Å². The minimum Gasteiger partial charge on any atom is -0.395 e. The van der Waals surface area contributed by atoms with Gasteiger partial charge in [-0.05, 0) is 19.8 Å². The van der Waals surface area contributed by atoms with Crippen LogP contribution < -0.4 is 5.32 Å². The Morgan fingerprint density at radius 1 is 1.38 bits per heavy atom. The van der Waals surface area contributed by atoms with E-state index in [1.165, 1.54) is 0 Å². The highest BCUT2D eigenvalue weighted by Crippen LogP contribution is 2.45. The van der Waals surface area contributed by atoms with Crippen molar-refractivity contribution in [3.05, 3.63) is 0 Å². The predicted molar refractivity (Wildman–Crippen MR) is 63.3 cm³/mol. The Hall–Kier alpha value is -0.160. The minimum absolute atomic E-state index is 0.0217. The van der Waals surface area contributed by atoms with Crippen LogP contribution in [0.1, 0.15) is 33.6 Å². The summed E-state index contributed by atoms with van der Waals surface area (Å²) in [5, 5.41) is 21.4. The van der Waals surface area contributed by atoms with Gasteiger partial charge in [-0.25, -0.2) is 0 Å². The number of rotatable bonds is 7. The highest BCUT2D eigenvalue weighted by Gasteiger charge is 2.51. The zero-order valence-electron chi connectivity index (χ0n) is 10.6. The summed E-state index contributed by atoms with van der Waals surface area (Å²) >= 11 is 0. The molecule has 1 rings (SSSR count). The molecular weight excluding hydrogens is 206 g/mol. The molecule has 4 heteroatoms. The van der Waals surface area contributed by atoms with Gasteiger partial charge < -0.3 is 20.3 Å². The van der Waals surface area contributed by atoms with Crippen LogP contribution in [0.3, 0.4) is 0 Å². The van der Waals surface area contributed by atoms with E-state index in [2.05, 4.69) is 19.2 Å². The topological polar surface area (TPSA) is 61.7 Å². The molecule has 0 saturated heterocycles. The van der Waals surface area contributed by atoms with Crippen molar-refractivity contribution in [2.75, 3.05) is 19.8 Å². The third-order valence-corrected chi connectivity index (χ3v) is 3.99. The van der Waals surface area contributed by atoms with Crippen LogP contribution in [0, 0.1) is 5.41 Å². The Kier molecular flexibility index (Phi) is 5.18. The first-order valence-corrected chi connectivity index (χ1v) is 6.21. The van der Waals surface area contributed by atoms with Gasteiger partial charge in [0.15, 0.2) is 0 Å². The summed E-state index contributed by atoms with van der Waals surface area (Å²) in [5.74, 6) is 0. The summed E-state index contributed by atoms with van der Waals surface area (Å²) in [6.45, 7) is 7.09. The van der Waals surface area contributed by atoms with E-state index < -0.39 is 0 Å². The van der Waals surface area contributed by atoms with Gasteiger partial charge in [0.05, 0.1) is 25.4 Å². The van der Waals surface area contributed by atoms with Crippen molar-refractivity contribution in [3.8, 4) is 0 Å². The van der Waals surface area contributed by atoms with Gasteiger partial charge in [0.25, 0.3) is 0 Å². The summed E-state index contributed by atoms with van der Waals surface area (Å²) in [6, 6.07) is 0.122. The number of nitrogens with one attached hydrogen (secondary N) is 1. The number of aliphatic hydroxyl groups excluding tert-OH is 2. The second-order valence-electron chi connectivity index (χ2n) is 4.82. The molecule has 0 aromatic rings. The van der Waals surface area contributed by atoms with Crippen molar-refractivity contribution >= 4 is 0 Å². The Morgan fingerprint density at radius 2 is 2.00 bits per heavy atom. The first-order chi connectivity index (χ1) is 7.62. The molecule has 1 aliphatic rings. The molecule has 0 radical (unpaired) electrons. The third kappa shape index (κ3) is 2.56. The van der Waals surface area contributed by atoms with E-state index in [0.29, 0.717) is 12.1 Å². The molecule has 0 spiro atoms. The van der Waals surface area contributed by atoms with E-state index in [-0.39, 0.29) is 24.7 Å². The molecule has 0 amide bonds. The number of ether oxygens (including phenoxy) is 1. The molecule has 0 aliphatic heterocycles. The highest BCUT2D eigenvalue weighted by molar-refractivity contribution is 5.05. The normalized spacial score (nSPS) is 34.1. The predicted octanol–water partition coefficient (Wildman–Crippen LogP) is 0.523. The van der Waals surface area contributed by atoms with Gasteiger partial charge in [0.1, 0.15) is 0 Å². The van der Waals surface area contributed by atoms with Gasteiger partial charge >= 0.3 is 0 Å². The van der Waals surface area contributed by atoms with Crippen LogP contribution >= 0.6 is 0 Å². The van der Waals surface area contributed by atoms with Gasteiger partial charge in [-0.1, -0.05) is 13.8 Å². The maximum Gasteiger partial charge on any atom is 0.0658 e. The summed E-state index contributed by atoms with van der Waals surface area (Å²) < 4.78 is 5.70. The van der Waals surface area contributed by atoms with E-state index in [1.807, 2.05) is 6.92 Å². The molecule has 0 aromatic heterocycles. The molecule has 3 atom stereocenters. The van der Waals surface area contributed by atoms with Gasteiger partial charge in [-0.15, -0.1) is 0 Å². The lowest BCUT2D eigenvalue weighted by Crippen LogP contribution is -2.64. The molecule has 3 N–H and O–H groups in total. The third-order valence-electron chi connectivity index (χ3n) is 3.99. The quantitative estimate of drug-likeness (QED) is 0.598. The van der Waals surface area contributed by atoms with Crippen LogP contribution in [0.5, 0.6) is 0 Å². The maximum atomic E-state index is 9.05. The molecular formula is C12H25NO3. The average molecular weight is 231 g/mol. The van der Waals surface area contributed by atoms with Crippen molar-refractivity contribution in [1.82, 2.24) is 5.32 Å². The van der Waals surface area contributed by atoms with Gasteiger partial charge in [-0.3, -0.25) is 0 Å². The van der Waals surface area contributed by atoms with Gasteiger partial charge in [0.2, 0.25) is 0 Å². The zero-order valence-corrected chi connectivity index (χ0v) is 10.6. The van der Waals surface area contributed by atoms with Crippen molar-refractivity contribution in [3.63, 3.8) is 0 Å². The zero-order chi connectivity index (χ0) is 12.2. The van der Waals surface area contributed by atoms with Crippen LogP contribution in [-0.4, -0.2) is 48.2 Å². The fraction of sp³-hybridized carbons (Fsp3) is 1.00. The molecule has 0 heterocycles. The lowest BCUT2D eigenvalue weighted by Gasteiger charge is -2.54. The second kappa shape index (κ2) is 5.96. The summed E-state index contributed by atoms with van der Waals surface area (Å²) in [5.41, 5.74) is 0.124. The Balaban J connectivity index is 2.51. The number of aliphatic hydroxyl groups is 2. The molecule has 4 nitrogen and oxygen atoms in total. The minimum atomic E-state index is -0.210. The van der Waals surface area contributed by atoms with Crippen LogP contribution in [0.25, 0.3) is 0 Å². The van der Waals surface area contributed by atoms with Crippen LogP contribution in [0.2, 0.25) is 0 Å². The fourth-order valence-electron chi connectivity index (χ4n) is 2.46. The van der Waals surface area contributed by atoms with E-state index in [9.17, 15) is 0 Å². The lowest BCUT2D eigenvalue weighted by molar-refractivity contribution is -0.130. The molecule has 1 saturated carbocycles. The smallest absolute Gasteiger partial charge is 0.0658 e.